The molecule has 0 bridgehead atoms. The molecule has 0 fully saturated rings. The molecule has 0 atom stereocenters. The molecule has 0 spiro atoms. The third-order valence-electron chi connectivity index (χ3n) is 3.75. The molecule has 0 aliphatic rings. The molecule has 0 aliphatic heterocycles. The van der Waals surface area contributed by atoms with Crippen molar-refractivity contribution in [2.24, 2.45) is 0 Å². The van der Waals surface area contributed by atoms with Crippen LogP contribution in [-0.2, 0) is 18.4 Å². The van der Waals surface area contributed by atoms with Crippen LogP contribution < -0.4 is 0 Å². The number of hydrogen-bond acceptors (Lipinski definition) is 4. The quantitative estimate of drug-likeness (QED) is 0.368. The number of aromatic nitrogens is 3. The van der Waals surface area contributed by atoms with Crippen LogP contribution in [0.15, 0.2) is 18.3 Å². The SMILES string of the molecule is Cc1nc(Cn2cc(C(F)(F)C(F)(F)F)c(C(F)(F)C(F)(F)F)n2)ccc1[N+](=O)[O-]. The van der Waals surface area contributed by atoms with E-state index in [-0.39, 0.29) is 22.3 Å². The van der Waals surface area contributed by atoms with Gasteiger partial charge in [0.2, 0.25) is 0 Å². The van der Waals surface area contributed by atoms with Crippen molar-refractivity contribution in [2.75, 3.05) is 0 Å². The van der Waals surface area contributed by atoms with Gasteiger partial charge >= 0.3 is 24.2 Å². The van der Waals surface area contributed by atoms with Gasteiger partial charge in [-0.2, -0.15) is 49.0 Å². The molecular formula is C14H8F10N4O2. The van der Waals surface area contributed by atoms with Crippen LogP contribution in [0.1, 0.15) is 22.6 Å². The maximum atomic E-state index is 13.6. The number of nitro groups is 1. The summed E-state index contributed by atoms with van der Waals surface area (Å²) >= 11 is 0. The summed E-state index contributed by atoms with van der Waals surface area (Å²) in [5.41, 5.74) is -6.52. The summed E-state index contributed by atoms with van der Waals surface area (Å²) < 4.78 is 130. The first kappa shape index (κ1) is 23.3. The van der Waals surface area contributed by atoms with Crippen LogP contribution in [0.4, 0.5) is 49.6 Å². The van der Waals surface area contributed by atoms with E-state index in [9.17, 15) is 54.0 Å². The molecule has 6 nitrogen and oxygen atoms in total. The zero-order valence-corrected chi connectivity index (χ0v) is 14.3. The van der Waals surface area contributed by atoms with Crippen LogP contribution in [-0.4, -0.2) is 32.0 Å². The number of pyridine rings is 1. The molecule has 30 heavy (non-hydrogen) atoms. The van der Waals surface area contributed by atoms with Crippen molar-refractivity contribution in [2.45, 2.75) is 37.7 Å². The second-order valence-electron chi connectivity index (χ2n) is 5.90. The highest BCUT2D eigenvalue weighted by Gasteiger charge is 2.67. The van der Waals surface area contributed by atoms with Crippen LogP contribution in [0, 0.1) is 17.0 Å². The Morgan fingerprint density at radius 3 is 1.93 bits per heavy atom. The summed E-state index contributed by atoms with van der Waals surface area (Å²) in [6.07, 6.45) is -13.3. The lowest BCUT2D eigenvalue weighted by Crippen LogP contribution is -2.40. The maximum Gasteiger partial charge on any atom is 0.459 e. The van der Waals surface area contributed by atoms with Crippen molar-refractivity contribution < 1.29 is 48.8 Å². The average molecular weight is 454 g/mol. The Hall–Kier alpha value is -2.94. The Labute approximate surface area is 159 Å². The molecule has 2 aromatic heterocycles. The molecule has 2 aromatic rings. The van der Waals surface area contributed by atoms with E-state index >= 15 is 0 Å². The molecule has 0 saturated carbocycles. The Bertz CT molecular complexity index is 921. The zero-order chi connectivity index (χ0) is 23.3. The van der Waals surface area contributed by atoms with Gasteiger partial charge in [-0.15, -0.1) is 0 Å². The second-order valence-corrected chi connectivity index (χ2v) is 5.90. The van der Waals surface area contributed by atoms with Crippen LogP contribution >= 0.6 is 0 Å². The molecule has 0 aliphatic carbocycles. The van der Waals surface area contributed by atoms with Crippen molar-refractivity contribution >= 4 is 5.69 Å². The van der Waals surface area contributed by atoms with Crippen LogP contribution in [0.2, 0.25) is 0 Å². The Balaban J connectivity index is 2.60. The van der Waals surface area contributed by atoms with Gasteiger partial charge in [-0.25, -0.2) is 4.98 Å². The monoisotopic (exact) mass is 454 g/mol. The zero-order valence-electron chi connectivity index (χ0n) is 14.3. The predicted molar refractivity (Wildman–Crippen MR) is 76.9 cm³/mol. The van der Waals surface area contributed by atoms with E-state index in [0.29, 0.717) is 0 Å². The normalized spacial score (nSPS) is 13.6. The first-order valence-electron chi connectivity index (χ1n) is 7.48. The van der Waals surface area contributed by atoms with Gasteiger partial charge in [0.05, 0.1) is 22.7 Å². The standard InChI is InChI=1S/C14H8F10N4O2/c1-6-9(28(29)30)3-2-7(25-6)4-27-5-8(11(15,16)13(19,20)21)10(26-27)12(17,18)14(22,23)24/h2-3,5H,4H2,1H3. The number of rotatable bonds is 5. The van der Waals surface area contributed by atoms with Gasteiger partial charge in [0.15, 0.2) is 5.69 Å². The molecule has 2 rings (SSSR count). The number of halogens is 10. The second kappa shape index (κ2) is 7.09. The average Bonchev–Trinajstić information content (AvgIpc) is 2.97. The largest absolute Gasteiger partial charge is 0.459 e. The molecule has 16 heteroatoms. The first-order valence-corrected chi connectivity index (χ1v) is 7.48. The van der Waals surface area contributed by atoms with Gasteiger partial charge in [0.25, 0.3) is 5.69 Å². The van der Waals surface area contributed by atoms with Crippen molar-refractivity contribution in [3.05, 3.63) is 51.1 Å². The molecule has 0 aromatic carbocycles. The van der Waals surface area contributed by atoms with Gasteiger partial charge < -0.3 is 0 Å². The fraction of sp³-hybridized carbons (Fsp3) is 0.429. The number of aryl methyl sites for hydroxylation is 1. The van der Waals surface area contributed by atoms with Crippen LogP contribution in [0.25, 0.3) is 0 Å². The fourth-order valence-corrected chi connectivity index (χ4v) is 2.30. The van der Waals surface area contributed by atoms with E-state index in [4.69, 9.17) is 0 Å². The molecule has 0 saturated heterocycles. The smallest absolute Gasteiger partial charge is 0.266 e. The predicted octanol–water partition coefficient (Wildman–Crippen LogP) is 4.85. The van der Waals surface area contributed by atoms with E-state index in [1.54, 1.807) is 0 Å². The third kappa shape index (κ3) is 4.02. The Morgan fingerprint density at radius 1 is 0.967 bits per heavy atom. The highest BCUT2D eigenvalue weighted by atomic mass is 19.4. The van der Waals surface area contributed by atoms with Gasteiger partial charge in [0.1, 0.15) is 5.69 Å². The van der Waals surface area contributed by atoms with Crippen LogP contribution in [0.3, 0.4) is 0 Å². The van der Waals surface area contributed by atoms with Crippen molar-refractivity contribution in [3.8, 4) is 0 Å². The summed E-state index contributed by atoms with van der Waals surface area (Å²) in [7, 11) is 0. The highest BCUT2D eigenvalue weighted by molar-refractivity contribution is 5.35. The van der Waals surface area contributed by atoms with E-state index in [0.717, 1.165) is 19.1 Å². The summed E-state index contributed by atoms with van der Waals surface area (Å²) in [6.45, 7) is 0.213. The first-order chi connectivity index (χ1) is 13.4. The summed E-state index contributed by atoms with van der Waals surface area (Å²) in [5.74, 6) is -12.2. The van der Waals surface area contributed by atoms with E-state index in [1.165, 1.54) is 0 Å². The van der Waals surface area contributed by atoms with Crippen molar-refractivity contribution in [1.82, 2.24) is 14.8 Å². The Morgan fingerprint density at radius 2 is 1.50 bits per heavy atom. The van der Waals surface area contributed by atoms with Gasteiger partial charge in [0, 0.05) is 12.3 Å². The lowest BCUT2D eigenvalue weighted by molar-refractivity contribution is -0.385. The maximum absolute atomic E-state index is 13.6. The van der Waals surface area contributed by atoms with Crippen LogP contribution in [0.5, 0.6) is 0 Å². The van der Waals surface area contributed by atoms with Gasteiger partial charge in [-0.3, -0.25) is 14.8 Å². The minimum atomic E-state index is -6.51. The third-order valence-corrected chi connectivity index (χ3v) is 3.75. The van der Waals surface area contributed by atoms with Gasteiger partial charge in [-0.05, 0) is 13.0 Å². The highest BCUT2D eigenvalue weighted by Crippen LogP contribution is 2.51. The van der Waals surface area contributed by atoms with E-state index in [2.05, 4.69) is 10.1 Å². The number of nitrogens with zero attached hydrogens (tertiary/aromatic N) is 4. The van der Waals surface area contributed by atoms with E-state index < -0.39 is 52.6 Å². The molecule has 0 unspecified atom stereocenters. The molecule has 166 valence electrons. The molecule has 0 N–H and O–H groups in total. The lowest BCUT2D eigenvalue weighted by Gasteiger charge is -2.23. The minimum absolute atomic E-state index is 0.0163. The van der Waals surface area contributed by atoms with Crippen molar-refractivity contribution in [3.63, 3.8) is 0 Å². The van der Waals surface area contributed by atoms with Crippen molar-refractivity contribution in [1.29, 1.82) is 0 Å². The van der Waals surface area contributed by atoms with E-state index in [1.807, 2.05) is 0 Å². The number of alkyl halides is 10. The Kier molecular flexibility index (Phi) is 5.51. The fourth-order valence-electron chi connectivity index (χ4n) is 2.30. The van der Waals surface area contributed by atoms with Gasteiger partial charge in [-0.1, -0.05) is 0 Å². The molecule has 0 radical (unpaired) electrons. The molecule has 2 heterocycles. The molecule has 0 amide bonds. The number of hydrogen-bond donors (Lipinski definition) is 0. The summed E-state index contributed by atoms with van der Waals surface area (Å²) in [4.78, 5) is 13.5. The summed E-state index contributed by atoms with van der Waals surface area (Å²) in [6, 6.07) is 1.77. The lowest BCUT2D eigenvalue weighted by atomic mass is 10.0. The summed E-state index contributed by atoms with van der Waals surface area (Å²) in [5, 5.41) is 13.3. The molecular weight excluding hydrogens is 446 g/mol. The minimum Gasteiger partial charge on any atom is -0.266 e. The topological polar surface area (TPSA) is 73.8 Å².